The number of halogens is 1. The summed E-state index contributed by atoms with van der Waals surface area (Å²) in [5.41, 5.74) is 3.12. The molecule has 0 bridgehead atoms. The van der Waals surface area contributed by atoms with Gasteiger partial charge in [-0.1, -0.05) is 17.7 Å². The van der Waals surface area contributed by atoms with E-state index in [1.807, 2.05) is 24.3 Å². The van der Waals surface area contributed by atoms with Gasteiger partial charge in [-0.25, -0.2) is 0 Å². The molecule has 0 spiro atoms. The number of rotatable bonds is 2. The van der Waals surface area contributed by atoms with Gasteiger partial charge in [0, 0.05) is 4.88 Å². The van der Waals surface area contributed by atoms with Crippen LogP contribution in [0.15, 0.2) is 35.3 Å². The third-order valence-corrected chi connectivity index (χ3v) is 4.47. The average molecular weight is 289 g/mol. The predicted octanol–water partition coefficient (Wildman–Crippen LogP) is 4.41. The Labute approximate surface area is 120 Å². The van der Waals surface area contributed by atoms with E-state index in [0.29, 0.717) is 6.42 Å². The number of carbonyl (C=O) groups excluding carboxylic acids is 1. The zero-order chi connectivity index (χ0) is 13.4. The number of fused-ring (bicyclic) bond motifs is 1. The molecule has 2 nitrogen and oxygen atoms in total. The second-order valence-electron chi connectivity index (χ2n) is 4.56. The van der Waals surface area contributed by atoms with Gasteiger partial charge in [0.1, 0.15) is 5.78 Å². The van der Waals surface area contributed by atoms with Crippen molar-refractivity contribution < 1.29 is 4.79 Å². The molecule has 0 N–H and O–H groups in total. The van der Waals surface area contributed by atoms with E-state index >= 15 is 0 Å². The molecule has 0 fully saturated rings. The highest BCUT2D eigenvalue weighted by Crippen LogP contribution is 2.35. The molecule has 1 aromatic heterocycles. The van der Waals surface area contributed by atoms with E-state index in [2.05, 4.69) is 17.3 Å². The Balaban J connectivity index is 1.98. The van der Waals surface area contributed by atoms with Crippen LogP contribution in [0.4, 0.5) is 5.69 Å². The number of aliphatic imine (C=N–C) groups is 1. The number of ketones is 1. The van der Waals surface area contributed by atoms with Crippen molar-refractivity contribution in [3.8, 4) is 10.4 Å². The van der Waals surface area contributed by atoms with Gasteiger partial charge in [0.2, 0.25) is 0 Å². The lowest BCUT2D eigenvalue weighted by Crippen LogP contribution is -2.18. The largest absolute Gasteiger partial charge is 0.299 e. The van der Waals surface area contributed by atoms with Gasteiger partial charge in [-0.2, -0.15) is 0 Å². The first kappa shape index (κ1) is 12.6. The molecular weight excluding hydrogens is 278 g/mol. The van der Waals surface area contributed by atoms with E-state index in [9.17, 15) is 4.79 Å². The van der Waals surface area contributed by atoms with Crippen molar-refractivity contribution in [2.24, 2.45) is 10.9 Å². The van der Waals surface area contributed by atoms with Crippen LogP contribution in [0.3, 0.4) is 0 Å². The topological polar surface area (TPSA) is 29.4 Å². The lowest BCUT2D eigenvalue weighted by atomic mass is 9.92. The summed E-state index contributed by atoms with van der Waals surface area (Å²) in [7, 11) is 0. The van der Waals surface area contributed by atoms with Crippen molar-refractivity contribution in [1.29, 1.82) is 0 Å². The maximum absolute atomic E-state index is 11.4. The molecule has 19 heavy (non-hydrogen) atoms. The molecule has 0 aliphatic carbocycles. The zero-order valence-corrected chi connectivity index (χ0v) is 11.9. The average Bonchev–Trinajstić information content (AvgIpc) is 2.84. The Morgan fingerprint density at radius 2 is 2.26 bits per heavy atom. The number of benzene rings is 1. The summed E-state index contributed by atoms with van der Waals surface area (Å²) in [5.74, 6) is -0.103. The minimum atomic E-state index is -0.213. The fraction of sp³-hybridized carbons (Fsp3) is 0.200. The van der Waals surface area contributed by atoms with Crippen molar-refractivity contribution >= 4 is 40.6 Å². The molecule has 0 saturated heterocycles. The first-order chi connectivity index (χ1) is 9.13. The van der Waals surface area contributed by atoms with Crippen LogP contribution in [0, 0.1) is 5.92 Å². The quantitative estimate of drug-likeness (QED) is 0.805. The van der Waals surface area contributed by atoms with Crippen LogP contribution in [-0.2, 0) is 11.2 Å². The molecule has 1 atom stereocenters. The molecule has 3 rings (SSSR count). The van der Waals surface area contributed by atoms with Crippen LogP contribution in [0.5, 0.6) is 0 Å². The van der Waals surface area contributed by atoms with Gasteiger partial charge in [0.25, 0.3) is 0 Å². The summed E-state index contributed by atoms with van der Waals surface area (Å²) in [5, 5.41) is 0. The van der Waals surface area contributed by atoms with Crippen LogP contribution in [-0.4, -0.2) is 12.0 Å². The number of hydrogen-bond donors (Lipinski definition) is 0. The highest BCUT2D eigenvalue weighted by molar-refractivity contribution is 7.19. The molecule has 2 aromatic rings. The second kappa shape index (κ2) is 4.91. The van der Waals surface area contributed by atoms with E-state index in [4.69, 9.17) is 11.6 Å². The molecule has 2 heterocycles. The van der Waals surface area contributed by atoms with Crippen molar-refractivity contribution in [2.45, 2.75) is 13.3 Å². The van der Waals surface area contributed by atoms with Crippen molar-refractivity contribution in [2.75, 3.05) is 0 Å². The van der Waals surface area contributed by atoms with Crippen molar-refractivity contribution in [3.05, 3.63) is 40.2 Å². The van der Waals surface area contributed by atoms with Crippen molar-refractivity contribution in [3.63, 3.8) is 0 Å². The van der Waals surface area contributed by atoms with Gasteiger partial charge in [-0.15, -0.1) is 11.3 Å². The Morgan fingerprint density at radius 3 is 2.95 bits per heavy atom. The normalized spacial score (nSPS) is 17.3. The Morgan fingerprint density at radius 1 is 1.42 bits per heavy atom. The Kier molecular flexibility index (Phi) is 3.25. The summed E-state index contributed by atoms with van der Waals surface area (Å²) in [6, 6.07) is 10.0. The molecule has 0 amide bonds. The number of Topliss-reactive ketones (excluding diaryl/α,β-unsaturated/α-hetero) is 1. The number of nitrogens with zero attached hydrogens (tertiary/aromatic N) is 1. The SMILES string of the molecule is CC(=O)C1[C]=Nc2ccc(-c3ccc(Cl)s3)cc2C1. The molecule has 1 aromatic carbocycles. The molecule has 95 valence electrons. The standard InChI is InChI=1S/C15H11ClNOS/c1-9(18)12-7-11-6-10(2-3-13(11)17-8-12)14-4-5-15(16)19-14/h2-6,12H,7H2,1H3. The minimum absolute atomic E-state index is 0.110. The fourth-order valence-electron chi connectivity index (χ4n) is 2.13. The zero-order valence-electron chi connectivity index (χ0n) is 10.3. The smallest absolute Gasteiger partial charge is 0.139 e. The first-order valence-electron chi connectivity index (χ1n) is 5.99. The predicted molar refractivity (Wildman–Crippen MR) is 79.7 cm³/mol. The highest BCUT2D eigenvalue weighted by atomic mass is 35.5. The molecule has 1 aliphatic heterocycles. The van der Waals surface area contributed by atoms with Gasteiger partial charge in [0.05, 0.1) is 22.2 Å². The van der Waals surface area contributed by atoms with E-state index in [0.717, 1.165) is 26.0 Å². The van der Waals surface area contributed by atoms with Gasteiger partial charge < -0.3 is 0 Å². The van der Waals surface area contributed by atoms with Gasteiger partial charge in [-0.05, 0) is 48.7 Å². The summed E-state index contributed by atoms with van der Waals surface area (Å²) < 4.78 is 0.778. The van der Waals surface area contributed by atoms with Crippen LogP contribution in [0.1, 0.15) is 12.5 Å². The van der Waals surface area contributed by atoms with E-state index in [1.54, 1.807) is 18.3 Å². The van der Waals surface area contributed by atoms with Gasteiger partial charge in [0.15, 0.2) is 0 Å². The van der Waals surface area contributed by atoms with Crippen molar-refractivity contribution in [1.82, 2.24) is 0 Å². The molecule has 1 aliphatic rings. The Hall–Kier alpha value is -1.45. The van der Waals surface area contributed by atoms with Crippen LogP contribution in [0.25, 0.3) is 10.4 Å². The summed E-state index contributed by atoms with van der Waals surface area (Å²) in [6.07, 6.45) is 3.58. The number of hydrogen-bond acceptors (Lipinski definition) is 3. The second-order valence-corrected chi connectivity index (χ2v) is 6.27. The maximum atomic E-state index is 11.4. The minimum Gasteiger partial charge on any atom is -0.299 e. The third-order valence-electron chi connectivity index (χ3n) is 3.19. The number of carbonyl (C=O) groups is 1. The van der Waals surface area contributed by atoms with Crippen LogP contribution in [0.2, 0.25) is 4.34 Å². The summed E-state index contributed by atoms with van der Waals surface area (Å²) >= 11 is 7.51. The molecular formula is C15H11ClNOS. The van der Waals surface area contributed by atoms with Gasteiger partial charge >= 0.3 is 0 Å². The van der Waals surface area contributed by atoms with E-state index < -0.39 is 0 Å². The lowest BCUT2D eigenvalue weighted by molar-refractivity contribution is -0.118. The Bertz CT molecular complexity index is 675. The van der Waals surface area contributed by atoms with Crippen LogP contribution < -0.4 is 0 Å². The molecule has 0 saturated carbocycles. The first-order valence-corrected chi connectivity index (χ1v) is 7.18. The highest BCUT2D eigenvalue weighted by Gasteiger charge is 2.20. The molecule has 4 heteroatoms. The molecule has 1 unspecified atom stereocenters. The van der Waals surface area contributed by atoms with Gasteiger partial charge in [-0.3, -0.25) is 9.79 Å². The summed E-state index contributed by atoms with van der Waals surface area (Å²) in [6.45, 7) is 1.58. The van der Waals surface area contributed by atoms with E-state index in [-0.39, 0.29) is 11.7 Å². The van der Waals surface area contributed by atoms with Crippen LogP contribution >= 0.6 is 22.9 Å². The number of thiophene rings is 1. The lowest BCUT2D eigenvalue weighted by Gasteiger charge is -2.16. The molecule has 1 radical (unpaired) electrons. The fourth-order valence-corrected chi connectivity index (χ4v) is 3.17. The van der Waals surface area contributed by atoms with E-state index in [1.165, 1.54) is 0 Å². The third kappa shape index (κ3) is 2.48. The summed E-state index contributed by atoms with van der Waals surface area (Å²) in [4.78, 5) is 16.8. The monoisotopic (exact) mass is 288 g/mol. The maximum Gasteiger partial charge on any atom is 0.139 e.